The highest BCUT2D eigenvalue weighted by Gasteiger charge is 2.47. The van der Waals surface area contributed by atoms with E-state index in [0.717, 1.165) is 4.90 Å². The van der Waals surface area contributed by atoms with Gasteiger partial charge in [0.2, 0.25) is 0 Å². The van der Waals surface area contributed by atoms with Crippen LogP contribution in [0.5, 0.6) is 17.2 Å². The van der Waals surface area contributed by atoms with Crippen molar-refractivity contribution < 1.29 is 46.5 Å². The van der Waals surface area contributed by atoms with E-state index in [0.29, 0.717) is 12.8 Å². The Balaban J connectivity index is 1.78. The molecule has 1 heterocycles. The predicted molar refractivity (Wildman–Crippen MR) is 110 cm³/mol. The Morgan fingerprint density at radius 3 is 2.21 bits per heavy atom. The van der Waals surface area contributed by atoms with Crippen LogP contribution in [0.3, 0.4) is 0 Å². The number of aliphatic hydroxyl groups is 1. The first-order valence-electron chi connectivity index (χ1n) is 10.2. The highest BCUT2D eigenvalue weighted by Crippen LogP contribution is 2.46. The van der Waals surface area contributed by atoms with Gasteiger partial charge in [0.1, 0.15) is 5.75 Å². The molecule has 2 aromatic rings. The number of aliphatic hydroxyl groups excluding tert-OH is 1. The molecule has 0 saturated heterocycles. The molecular formula is C23H19F4NO6. The summed E-state index contributed by atoms with van der Waals surface area (Å²) in [6.07, 6.45) is 1.22. The maximum atomic E-state index is 13.0. The van der Waals surface area contributed by atoms with E-state index in [1.807, 2.05) is 0 Å². The van der Waals surface area contributed by atoms with E-state index in [1.54, 1.807) is 0 Å². The zero-order valence-electron chi connectivity index (χ0n) is 17.7. The zero-order chi connectivity index (χ0) is 24.6. The number of carbonyl (C=O) groups is 2. The van der Waals surface area contributed by atoms with Crippen LogP contribution in [0.1, 0.15) is 24.4 Å². The lowest BCUT2D eigenvalue weighted by Crippen LogP contribution is -2.31. The van der Waals surface area contributed by atoms with Crippen molar-refractivity contribution in [2.45, 2.75) is 32.1 Å². The van der Waals surface area contributed by atoms with Gasteiger partial charge in [0.15, 0.2) is 23.0 Å². The average molecular weight is 481 g/mol. The Labute approximate surface area is 191 Å². The van der Waals surface area contributed by atoms with E-state index in [4.69, 9.17) is 4.74 Å². The first kappa shape index (κ1) is 23.4. The molecule has 1 saturated carbocycles. The number of alkyl halides is 4. The van der Waals surface area contributed by atoms with Gasteiger partial charge in [-0.25, -0.2) is 0 Å². The fourth-order valence-corrected chi connectivity index (χ4v) is 3.84. The number of nitrogens with zero attached hydrogens (tertiary/aromatic N) is 1. The van der Waals surface area contributed by atoms with Crippen molar-refractivity contribution >= 4 is 17.4 Å². The summed E-state index contributed by atoms with van der Waals surface area (Å²) < 4.78 is 64.3. The molecule has 1 unspecified atom stereocenters. The number of halogens is 4. The van der Waals surface area contributed by atoms with Crippen LogP contribution in [0.4, 0.5) is 23.2 Å². The topological polar surface area (TPSA) is 85.3 Å². The Hall–Kier alpha value is -3.76. The van der Waals surface area contributed by atoms with Gasteiger partial charge in [-0.1, -0.05) is 6.07 Å². The van der Waals surface area contributed by atoms with Gasteiger partial charge in [0.25, 0.3) is 5.91 Å². The van der Waals surface area contributed by atoms with Gasteiger partial charge in [-0.05, 0) is 54.8 Å². The van der Waals surface area contributed by atoms with Crippen LogP contribution in [-0.2, 0) is 9.59 Å². The van der Waals surface area contributed by atoms with Gasteiger partial charge in [0.05, 0.1) is 18.7 Å². The third kappa shape index (κ3) is 4.50. The molecule has 1 amide bonds. The number of benzene rings is 2. The number of rotatable bonds is 9. The van der Waals surface area contributed by atoms with Gasteiger partial charge < -0.3 is 19.3 Å². The number of anilines is 1. The van der Waals surface area contributed by atoms with Crippen molar-refractivity contribution in [2.75, 3.05) is 12.0 Å². The average Bonchev–Trinajstić information content (AvgIpc) is 3.60. The second kappa shape index (κ2) is 9.24. The van der Waals surface area contributed by atoms with Crippen LogP contribution in [0.25, 0.3) is 0 Å². The fourth-order valence-electron chi connectivity index (χ4n) is 3.84. The molecule has 0 bridgehead atoms. The largest absolute Gasteiger partial charge is 0.503 e. The minimum Gasteiger partial charge on any atom is -0.503 e. The van der Waals surface area contributed by atoms with Crippen molar-refractivity contribution in [1.82, 2.24) is 0 Å². The lowest BCUT2D eigenvalue weighted by molar-refractivity contribution is -0.118. The minimum absolute atomic E-state index is 0.0736. The van der Waals surface area contributed by atoms with E-state index < -0.39 is 36.7 Å². The number of ketones is 1. The molecule has 0 radical (unpaired) electrons. The molecule has 7 nitrogen and oxygen atoms in total. The van der Waals surface area contributed by atoms with Gasteiger partial charge in [0, 0.05) is 11.6 Å². The van der Waals surface area contributed by atoms with Gasteiger partial charge >= 0.3 is 13.2 Å². The Kier molecular flexibility index (Phi) is 6.36. The highest BCUT2D eigenvalue weighted by molar-refractivity contribution is 6.17. The van der Waals surface area contributed by atoms with Gasteiger partial charge in [-0.2, -0.15) is 17.6 Å². The van der Waals surface area contributed by atoms with Crippen LogP contribution in [0, 0.1) is 5.92 Å². The van der Waals surface area contributed by atoms with Gasteiger partial charge in [-0.3, -0.25) is 14.5 Å². The fraction of sp³-hybridized carbons (Fsp3) is 0.304. The highest BCUT2D eigenvalue weighted by atomic mass is 19.3. The normalized spacial score (nSPS) is 18.1. The quantitative estimate of drug-likeness (QED) is 0.519. The summed E-state index contributed by atoms with van der Waals surface area (Å²) >= 11 is 0. The van der Waals surface area contributed by atoms with E-state index in [1.165, 1.54) is 49.6 Å². The summed E-state index contributed by atoms with van der Waals surface area (Å²) in [5.74, 6) is -2.82. The molecule has 1 atom stereocenters. The summed E-state index contributed by atoms with van der Waals surface area (Å²) in [5, 5.41) is 10.6. The first-order valence-corrected chi connectivity index (χ1v) is 10.2. The SMILES string of the molecule is COc1cc(C2C(C(=O)C3CC3)=C(O)C(=O)N2c2ccc(OC(F)F)cc2)ccc1OC(F)F. The molecule has 4 rings (SSSR count). The Morgan fingerprint density at radius 1 is 1.00 bits per heavy atom. The molecule has 1 aliphatic heterocycles. The number of carbonyl (C=O) groups excluding carboxylic acids is 2. The molecule has 0 spiro atoms. The van der Waals surface area contributed by atoms with Crippen molar-refractivity contribution in [1.29, 1.82) is 0 Å². The third-order valence-corrected chi connectivity index (χ3v) is 5.48. The van der Waals surface area contributed by atoms with Crippen LogP contribution in [-0.4, -0.2) is 37.1 Å². The second-order valence-electron chi connectivity index (χ2n) is 7.64. The van der Waals surface area contributed by atoms with Crippen molar-refractivity contribution in [3.8, 4) is 17.2 Å². The molecule has 34 heavy (non-hydrogen) atoms. The summed E-state index contributed by atoms with van der Waals surface area (Å²) in [6.45, 7) is -6.14. The number of Topliss-reactive ketones (excluding diaryl/α,β-unsaturated/α-hetero) is 1. The second-order valence-corrected chi connectivity index (χ2v) is 7.64. The standard InChI is InChI=1S/C23H19F4NO6/c1-32-16-10-12(4-9-15(16)34-23(26)27)18-17(19(29)11-2-3-11)20(30)21(31)28(18)13-5-7-14(8-6-13)33-22(24)25/h4-11,18,22-23,30H,2-3H2,1H3. The smallest absolute Gasteiger partial charge is 0.387 e. The number of hydrogen-bond donors (Lipinski definition) is 1. The Morgan fingerprint density at radius 2 is 1.65 bits per heavy atom. The monoisotopic (exact) mass is 481 g/mol. The molecule has 1 N–H and O–H groups in total. The first-order chi connectivity index (χ1) is 16.2. The van der Waals surface area contributed by atoms with E-state index >= 15 is 0 Å². The molecule has 11 heteroatoms. The molecule has 1 fully saturated rings. The van der Waals surface area contributed by atoms with Crippen LogP contribution < -0.4 is 19.1 Å². The number of ether oxygens (including phenoxy) is 3. The van der Waals surface area contributed by atoms with Gasteiger partial charge in [-0.15, -0.1) is 0 Å². The van der Waals surface area contributed by atoms with Crippen LogP contribution in [0.2, 0.25) is 0 Å². The third-order valence-electron chi connectivity index (χ3n) is 5.48. The van der Waals surface area contributed by atoms with E-state index in [-0.39, 0.29) is 40.0 Å². The molecule has 180 valence electrons. The van der Waals surface area contributed by atoms with Crippen LogP contribution in [0.15, 0.2) is 53.8 Å². The predicted octanol–water partition coefficient (Wildman–Crippen LogP) is 4.78. The lowest BCUT2D eigenvalue weighted by Gasteiger charge is -2.27. The molecule has 2 aliphatic rings. The summed E-state index contributed by atoms with van der Waals surface area (Å²) in [7, 11) is 1.24. The number of methoxy groups -OCH3 is 1. The maximum Gasteiger partial charge on any atom is 0.387 e. The van der Waals surface area contributed by atoms with Crippen LogP contribution >= 0.6 is 0 Å². The summed E-state index contributed by atoms with van der Waals surface area (Å²) in [6, 6.07) is 7.87. The van der Waals surface area contributed by atoms with E-state index in [2.05, 4.69) is 9.47 Å². The molecule has 0 aromatic heterocycles. The van der Waals surface area contributed by atoms with Crippen molar-refractivity contribution in [3.63, 3.8) is 0 Å². The van der Waals surface area contributed by atoms with Crippen molar-refractivity contribution in [3.05, 3.63) is 59.4 Å². The zero-order valence-corrected chi connectivity index (χ0v) is 17.7. The lowest BCUT2D eigenvalue weighted by atomic mass is 9.93. The summed E-state index contributed by atoms with van der Waals surface area (Å²) in [5.41, 5.74) is 0.339. The summed E-state index contributed by atoms with van der Waals surface area (Å²) in [4.78, 5) is 27.2. The Bertz CT molecular complexity index is 1130. The van der Waals surface area contributed by atoms with Crippen molar-refractivity contribution in [2.24, 2.45) is 5.92 Å². The number of hydrogen-bond acceptors (Lipinski definition) is 6. The molecular weight excluding hydrogens is 462 g/mol. The molecule has 1 aliphatic carbocycles. The molecule has 2 aromatic carbocycles. The van der Waals surface area contributed by atoms with E-state index in [9.17, 15) is 32.3 Å². The minimum atomic E-state index is -3.10. The number of amides is 1. The maximum absolute atomic E-state index is 13.0.